The molecule has 2 fully saturated rings. The summed E-state index contributed by atoms with van der Waals surface area (Å²) in [6.07, 6.45) is 2.12. The molecule has 0 radical (unpaired) electrons. The molecule has 1 atom stereocenters. The highest BCUT2D eigenvalue weighted by molar-refractivity contribution is 5.82. The molecule has 0 bridgehead atoms. The summed E-state index contributed by atoms with van der Waals surface area (Å²) in [5, 5.41) is 3.94. The zero-order valence-corrected chi connectivity index (χ0v) is 14.5. The molecule has 1 amide bonds. The van der Waals surface area contributed by atoms with Gasteiger partial charge >= 0.3 is 0 Å². The fraction of sp³-hybridized carbons (Fsp3) is 0.765. The number of amides is 1. The van der Waals surface area contributed by atoms with Gasteiger partial charge in [0.15, 0.2) is 5.76 Å². The molecule has 128 valence electrons. The Morgan fingerprint density at radius 2 is 2.00 bits per heavy atom. The van der Waals surface area contributed by atoms with Crippen molar-refractivity contribution in [3.05, 3.63) is 17.5 Å². The lowest BCUT2D eigenvalue weighted by atomic mass is 10.0. The Hall–Kier alpha value is -1.40. The summed E-state index contributed by atoms with van der Waals surface area (Å²) in [5.74, 6) is 1.25. The van der Waals surface area contributed by atoms with E-state index in [0.717, 1.165) is 63.6 Å². The topological polar surface area (TPSA) is 52.8 Å². The molecule has 1 aromatic heterocycles. The third-order valence-electron chi connectivity index (χ3n) is 4.97. The Morgan fingerprint density at radius 3 is 2.61 bits per heavy atom. The highest BCUT2D eigenvalue weighted by atomic mass is 16.5. The van der Waals surface area contributed by atoms with Gasteiger partial charge in [-0.1, -0.05) is 5.16 Å². The summed E-state index contributed by atoms with van der Waals surface area (Å²) in [5.41, 5.74) is 0.931. The van der Waals surface area contributed by atoms with Crippen LogP contribution in [0.3, 0.4) is 0 Å². The van der Waals surface area contributed by atoms with Crippen LogP contribution in [0, 0.1) is 6.92 Å². The molecule has 3 heterocycles. The molecule has 2 aliphatic rings. The zero-order valence-electron chi connectivity index (χ0n) is 14.5. The van der Waals surface area contributed by atoms with Crippen molar-refractivity contribution < 1.29 is 9.32 Å². The minimum atomic E-state index is 0.0841. The van der Waals surface area contributed by atoms with Crippen molar-refractivity contribution in [3.8, 4) is 0 Å². The largest absolute Gasteiger partial charge is 0.360 e. The van der Waals surface area contributed by atoms with Crippen molar-refractivity contribution in [1.29, 1.82) is 0 Å². The highest BCUT2D eigenvalue weighted by Crippen LogP contribution is 2.21. The molecular formula is C17H28N4O2. The number of aromatic nitrogens is 1. The van der Waals surface area contributed by atoms with E-state index in [1.165, 1.54) is 0 Å². The summed E-state index contributed by atoms with van der Waals surface area (Å²) in [6, 6.07) is 2.39. The van der Waals surface area contributed by atoms with Crippen LogP contribution >= 0.6 is 0 Å². The molecule has 23 heavy (non-hydrogen) atoms. The van der Waals surface area contributed by atoms with Gasteiger partial charge in [-0.25, -0.2) is 0 Å². The number of aryl methyl sites for hydroxylation is 1. The minimum Gasteiger partial charge on any atom is -0.360 e. The number of hydrogen-bond acceptors (Lipinski definition) is 5. The van der Waals surface area contributed by atoms with Gasteiger partial charge in [0.1, 0.15) is 0 Å². The fourth-order valence-corrected chi connectivity index (χ4v) is 3.68. The molecule has 2 saturated heterocycles. The van der Waals surface area contributed by atoms with Gasteiger partial charge in [0.25, 0.3) is 0 Å². The quantitative estimate of drug-likeness (QED) is 0.841. The van der Waals surface area contributed by atoms with Gasteiger partial charge in [0, 0.05) is 44.8 Å². The lowest BCUT2D eigenvalue weighted by molar-refractivity contribution is -0.143. The van der Waals surface area contributed by atoms with Crippen molar-refractivity contribution in [1.82, 2.24) is 19.9 Å². The fourth-order valence-electron chi connectivity index (χ4n) is 3.68. The molecule has 6 nitrogen and oxygen atoms in total. The molecule has 1 aromatic rings. The molecule has 0 saturated carbocycles. The second-order valence-electron chi connectivity index (χ2n) is 7.03. The molecule has 3 rings (SSSR count). The lowest BCUT2D eigenvalue weighted by Crippen LogP contribution is -2.58. The maximum Gasteiger partial charge on any atom is 0.240 e. The van der Waals surface area contributed by atoms with E-state index in [-0.39, 0.29) is 6.04 Å². The van der Waals surface area contributed by atoms with Crippen LogP contribution in [0.1, 0.15) is 38.1 Å². The standard InChI is InChI=1S/C17H28N4O2/c1-13(2)21-6-4-5-16(17(21)22)20-9-7-19(8-10-20)12-15-11-14(3)18-23-15/h11,13,16H,4-10,12H2,1-3H3/t16-/m1/s1. The number of carbonyl (C=O) groups excluding carboxylic acids is 1. The third kappa shape index (κ3) is 3.75. The van der Waals surface area contributed by atoms with E-state index >= 15 is 0 Å². The predicted molar refractivity (Wildman–Crippen MR) is 88.0 cm³/mol. The number of hydrogen-bond donors (Lipinski definition) is 0. The van der Waals surface area contributed by atoms with Crippen molar-refractivity contribution in [2.45, 2.75) is 52.2 Å². The molecule has 6 heteroatoms. The summed E-state index contributed by atoms with van der Waals surface area (Å²) in [7, 11) is 0. The van der Waals surface area contributed by atoms with Crippen molar-refractivity contribution in [2.75, 3.05) is 32.7 Å². The third-order valence-corrected chi connectivity index (χ3v) is 4.97. The van der Waals surface area contributed by atoms with E-state index in [1.54, 1.807) is 0 Å². The lowest BCUT2D eigenvalue weighted by Gasteiger charge is -2.43. The highest BCUT2D eigenvalue weighted by Gasteiger charge is 2.35. The van der Waals surface area contributed by atoms with Gasteiger partial charge in [-0.15, -0.1) is 0 Å². The number of carbonyl (C=O) groups is 1. The van der Waals surface area contributed by atoms with Gasteiger partial charge in [0.05, 0.1) is 18.3 Å². The normalized spacial score (nSPS) is 24.6. The Morgan fingerprint density at radius 1 is 1.26 bits per heavy atom. The average Bonchev–Trinajstić information content (AvgIpc) is 2.93. The van der Waals surface area contributed by atoms with Gasteiger partial charge in [-0.2, -0.15) is 0 Å². The number of likely N-dealkylation sites (tertiary alicyclic amines) is 1. The molecule has 0 aliphatic carbocycles. The Balaban J connectivity index is 1.53. The molecule has 0 spiro atoms. The van der Waals surface area contributed by atoms with Crippen LogP contribution in [0.2, 0.25) is 0 Å². The number of rotatable bonds is 4. The molecule has 2 aliphatic heterocycles. The minimum absolute atomic E-state index is 0.0841. The summed E-state index contributed by atoms with van der Waals surface area (Å²) in [4.78, 5) is 19.5. The van der Waals surface area contributed by atoms with Gasteiger partial charge < -0.3 is 9.42 Å². The van der Waals surface area contributed by atoms with E-state index < -0.39 is 0 Å². The molecule has 0 aromatic carbocycles. The van der Waals surface area contributed by atoms with Crippen LogP contribution in [0.4, 0.5) is 0 Å². The Kier molecular flexibility index (Phi) is 5.02. The monoisotopic (exact) mass is 320 g/mol. The Bertz CT molecular complexity index is 534. The van der Waals surface area contributed by atoms with E-state index in [9.17, 15) is 4.79 Å². The van der Waals surface area contributed by atoms with Crippen molar-refractivity contribution >= 4 is 5.91 Å². The molecular weight excluding hydrogens is 292 g/mol. The second kappa shape index (κ2) is 7.01. The first kappa shape index (κ1) is 16.5. The summed E-state index contributed by atoms with van der Waals surface area (Å²) < 4.78 is 5.30. The van der Waals surface area contributed by atoms with E-state index in [1.807, 2.05) is 17.9 Å². The van der Waals surface area contributed by atoms with Gasteiger partial charge in [-0.3, -0.25) is 14.6 Å². The first-order valence-electron chi connectivity index (χ1n) is 8.73. The zero-order chi connectivity index (χ0) is 16.4. The number of piperidine rings is 1. The first-order valence-corrected chi connectivity index (χ1v) is 8.73. The SMILES string of the molecule is Cc1cc(CN2CCN([C@@H]3CCCN(C(C)C)C3=O)CC2)on1. The summed E-state index contributed by atoms with van der Waals surface area (Å²) in [6.45, 7) is 11.7. The first-order chi connectivity index (χ1) is 11.0. The maximum atomic E-state index is 12.7. The predicted octanol–water partition coefficient (Wildman–Crippen LogP) is 1.50. The second-order valence-corrected chi connectivity index (χ2v) is 7.03. The number of nitrogens with zero attached hydrogens (tertiary/aromatic N) is 4. The Labute approximate surface area is 138 Å². The summed E-state index contributed by atoms with van der Waals surface area (Å²) >= 11 is 0. The smallest absolute Gasteiger partial charge is 0.240 e. The van der Waals surface area contributed by atoms with Crippen LogP contribution in [0.15, 0.2) is 10.6 Å². The van der Waals surface area contributed by atoms with Gasteiger partial charge in [-0.05, 0) is 33.6 Å². The van der Waals surface area contributed by atoms with Crippen LogP contribution in [-0.4, -0.2) is 70.6 Å². The van der Waals surface area contributed by atoms with E-state index in [2.05, 4.69) is 28.8 Å². The maximum absolute atomic E-state index is 12.7. The van der Waals surface area contributed by atoms with Gasteiger partial charge in [0.2, 0.25) is 5.91 Å². The van der Waals surface area contributed by atoms with Crippen LogP contribution in [0.5, 0.6) is 0 Å². The van der Waals surface area contributed by atoms with Crippen LogP contribution in [0.25, 0.3) is 0 Å². The van der Waals surface area contributed by atoms with Crippen LogP contribution in [-0.2, 0) is 11.3 Å². The number of piperazine rings is 1. The molecule has 0 unspecified atom stereocenters. The van der Waals surface area contributed by atoms with Crippen LogP contribution < -0.4 is 0 Å². The average molecular weight is 320 g/mol. The van der Waals surface area contributed by atoms with Crippen molar-refractivity contribution in [3.63, 3.8) is 0 Å². The van der Waals surface area contributed by atoms with E-state index in [4.69, 9.17) is 4.52 Å². The van der Waals surface area contributed by atoms with Crippen molar-refractivity contribution in [2.24, 2.45) is 0 Å². The van der Waals surface area contributed by atoms with E-state index in [0.29, 0.717) is 11.9 Å². The molecule has 0 N–H and O–H groups in total.